The lowest BCUT2D eigenvalue weighted by Crippen LogP contribution is -2.31. The van der Waals surface area contributed by atoms with Gasteiger partial charge in [-0.1, -0.05) is 48.7 Å². The summed E-state index contributed by atoms with van der Waals surface area (Å²) >= 11 is 17.5. The molecule has 0 atom stereocenters. The number of rotatable bonds is 5. The van der Waals surface area contributed by atoms with Crippen LogP contribution in [0.1, 0.15) is 13.8 Å². The topological polar surface area (TPSA) is 38.3 Å². The maximum Gasteiger partial charge on any atom is 0.257 e. The molecule has 0 bridgehead atoms. The van der Waals surface area contributed by atoms with Crippen molar-refractivity contribution in [1.82, 2.24) is 5.32 Å². The molecule has 100 valence electrons. The van der Waals surface area contributed by atoms with Gasteiger partial charge in [-0.2, -0.15) is 0 Å². The number of nitrogens with one attached hydrogen (secondary N) is 1. The van der Waals surface area contributed by atoms with E-state index in [4.69, 9.17) is 39.5 Å². The third kappa shape index (κ3) is 4.92. The number of benzene rings is 1. The van der Waals surface area contributed by atoms with Crippen LogP contribution in [-0.4, -0.2) is 19.1 Å². The van der Waals surface area contributed by atoms with E-state index < -0.39 is 0 Å². The molecule has 1 aromatic carbocycles. The molecule has 0 fully saturated rings. The van der Waals surface area contributed by atoms with Crippen LogP contribution in [-0.2, 0) is 4.79 Å². The Morgan fingerprint density at radius 3 is 2.44 bits per heavy atom. The number of ether oxygens (including phenoxy) is 1. The van der Waals surface area contributed by atoms with Gasteiger partial charge in [-0.3, -0.25) is 4.79 Å². The third-order valence-electron chi connectivity index (χ3n) is 2.04. The van der Waals surface area contributed by atoms with Crippen LogP contribution < -0.4 is 10.1 Å². The highest BCUT2D eigenvalue weighted by atomic mass is 35.5. The average Bonchev–Trinajstić information content (AvgIpc) is 2.29. The summed E-state index contributed by atoms with van der Waals surface area (Å²) in [5.74, 6) is 0.527. The normalized spacial score (nSPS) is 10.6. The van der Waals surface area contributed by atoms with E-state index in [1.807, 2.05) is 13.8 Å². The maximum absolute atomic E-state index is 11.4. The Bertz CT molecular complexity index is 436. The quantitative estimate of drug-likeness (QED) is 0.840. The molecule has 3 nitrogen and oxygen atoms in total. The van der Waals surface area contributed by atoms with Gasteiger partial charge in [-0.05, 0) is 12.0 Å². The summed E-state index contributed by atoms with van der Waals surface area (Å²) in [5.41, 5.74) is 0. The number of halogens is 3. The Balaban J connectivity index is 2.53. The molecule has 0 saturated carbocycles. The Hall–Kier alpha value is -0.640. The first-order chi connectivity index (χ1) is 8.40. The molecule has 1 amide bonds. The van der Waals surface area contributed by atoms with Gasteiger partial charge in [-0.25, -0.2) is 0 Å². The predicted octanol–water partition coefficient (Wildman–Crippen LogP) is 3.80. The molecule has 0 saturated heterocycles. The molecule has 0 unspecified atom stereocenters. The van der Waals surface area contributed by atoms with Gasteiger partial charge < -0.3 is 10.1 Å². The first-order valence-corrected chi connectivity index (χ1v) is 6.57. The van der Waals surface area contributed by atoms with Crippen LogP contribution in [0.5, 0.6) is 5.75 Å². The van der Waals surface area contributed by atoms with Gasteiger partial charge in [0.1, 0.15) is 5.75 Å². The fourth-order valence-corrected chi connectivity index (χ4v) is 1.72. The summed E-state index contributed by atoms with van der Waals surface area (Å²) in [5, 5.41) is 3.73. The maximum atomic E-state index is 11.4. The minimum atomic E-state index is -0.203. The number of amides is 1. The lowest BCUT2D eigenvalue weighted by molar-refractivity contribution is -0.123. The Morgan fingerprint density at radius 1 is 1.22 bits per heavy atom. The largest absolute Gasteiger partial charge is 0.482 e. The molecule has 0 aliphatic rings. The van der Waals surface area contributed by atoms with Gasteiger partial charge in [-0.15, -0.1) is 0 Å². The molecule has 1 aromatic rings. The summed E-state index contributed by atoms with van der Waals surface area (Å²) in [6.45, 7) is 4.52. The Morgan fingerprint density at radius 2 is 1.83 bits per heavy atom. The van der Waals surface area contributed by atoms with Gasteiger partial charge in [0.2, 0.25) is 0 Å². The van der Waals surface area contributed by atoms with E-state index in [2.05, 4.69) is 5.32 Å². The van der Waals surface area contributed by atoms with Crippen molar-refractivity contribution in [2.45, 2.75) is 13.8 Å². The standard InChI is InChI=1S/C12H14Cl3NO2/c1-7(2)5-16-12(17)6-18-11-4-9(14)8(13)3-10(11)15/h3-4,7H,5-6H2,1-2H3,(H,16,17). The number of carbonyl (C=O) groups excluding carboxylic acids is 1. The molecule has 18 heavy (non-hydrogen) atoms. The lowest BCUT2D eigenvalue weighted by Gasteiger charge is -2.10. The van der Waals surface area contributed by atoms with Gasteiger partial charge in [0.15, 0.2) is 6.61 Å². The van der Waals surface area contributed by atoms with Crippen LogP contribution in [0.15, 0.2) is 12.1 Å². The second-order valence-electron chi connectivity index (χ2n) is 4.18. The zero-order valence-corrected chi connectivity index (χ0v) is 12.4. The first kappa shape index (κ1) is 15.4. The van der Waals surface area contributed by atoms with E-state index in [9.17, 15) is 4.79 Å². The van der Waals surface area contributed by atoms with Crippen LogP contribution >= 0.6 is 34.8 Å². The van der Waals surface area contributed by atoms with Crippen molar-refractivity contribution in [3.05, 3.63) is 27.2 Å². The molecule has 0 spiro atoms. The Kier molecular flexibility index (Phi) is 6.06. The van der Waals surface area contributed by atoms with Gasteiger partial charge in [0.05, 0.1) is 15.1 Å². The first-order valence-electron chi connectivity index (χ1n) is 5.44. The molecule has 0 radical (unpaired) electrons. The third-order valence-corrected chi connectivity index (χ3v) is 3.06. The van der Waals surface area contributed by atoms with Crippen LogP contribution in [0.3, 0.4) is 0 Å². The fourth-order valence-electron chi connectivity index (χ4n) is 1.13. The Labute approximate surface area is 121 Å². The molecule has 0 heterocycles. The molecule has 0 aliphatic carbocycles. The predicted molar refractivity (Wildman–Crippen MR) is 74.8 cm³/mol. The van der Waals surface area contributed by atoms with Gasteiger partial charge in [0.25, 0.3) is 5.91 Å². The monoisotopic (exact) mass is 309 g/mol. The van der Waals surface area contributed by atoms with Crippen LogP contribution in [0.4, 0.5) is 0 Å². The molecule has 6 heteroatoms. The van der Waals surface area contributed by atoms with Crippen molar-refractivity contribution in [3.8, 4) is 5.75 Å². The van der Waals surface area contributed by atoms with Crippen molar-refractivity contribution in [2.24, 2.45) is 5.92 Å². The van der Waals surface area contributed by atoms with E-state index >= 15 is 0 Å². The van der Waals surface area contributed by atoms with E-state index in [1.54, 1.807) is 0 Å². The SMILES string of the molecule is CC(C)CNC(=O)COc1cc(Cl)c(Cl)cc1Cl. The summed E-state index contributed by atoms with van der Waals surface area (Å²) in [7, 11) is 0. The highest BCUT2D eigenvalue weighted by Gasteiger charge is 2.09. The molecular weight excluding hydrogens is 296 g/mol. The molecule has 0 aromatic heterocycles. The van der Waals surface area contributed by atoms with Gasteiger partial charge in [0, 0.05) is 12.6 Å². The van der Waals surface area contributed by atoms with E-state index in [0.717, 1.165) is 0 Å². The van der Waals surface area contributed by atoms with Crippen molar-refractivity contribution < 1.29 is 9.53 Å². The van der Waals surface area contributed by atoms with Crippen LogP contribution in [0, 0.1) is 5.92 Å². The second-order valence-corrected chi connectivity index (χ2v) is 5.40. The summed E-state index contributed by atoms with van der Waals surface area (Å²) in [6.07, 6.45) is 0. The zero-order valence-electron chi connectivity index (χ0n) is 10.1. The molecule has 1 N–H and O–H groups in total. The zero-order chi connectivity index (χ0) is 13.7. The van der Waals surface area contributed by atoms with Crippen molar-refractivity contribution >= 4 is 40.7 Å². The average molecular weight is 311 g/mol. The number of hydrogen-bond acceptors (Lipinski definition) is 2. The summed E-state index contributed by atoms with van der Waals surface area (Å²) in [4.78, 5) is 11.4. The van der Waals surface area contributed by atoms with E-state index in [1.165, 1.54) is 12.1 Å². The van der Waals surface area contributed by atoms with Gasteiger partial charge >= 0.3 is 0 Å². The highest BCUT2D eigenvalue weighted by molar-refractivity contribution is 6.43. The van der Waals surface area contributed by atoms with E-state index in [0.29, 0.717) is 33.3 Å². The second kappa shape index (κ2) is 7.07. The summed E-state index contributed by atoms with van der Waals surface area (Å²) in [6, 6.07) is 2.97. The van der Waals surface area contributed by atoms with E-state index in [-0.39, 0.29) is 12.5 Å². The lowest BCUT2D eigenvalue weighted by atomic mass is 10.2. The molecule has 0 aliphatic heterocycles. The highest BCUT2D eigenvalue weighted by Crippen LogP contribution is 2.33. The number of hydrogen-bond donors (Lipinski definition) is 1. The van der Waals surface area contributed by atoms with Crippen LogP contribution in [0.2, 0.25) is 15.1 Å². The van der Waals surface area contributed by atoms with Crippen LogP contribution in [0.25, 0.3) is 0 Å². The minimum absolute atomic E-state index is 0.107. The van der Waals surface area contributed by atoms with Crippen molar-refractivity contribution in [2.75, 3.05) is 13.2 Å². The minimum Gasteiger partial charge on any atom is -0.482 e. The fraction of sp³-hybridized carbons (Fsp3) is 0.417. The molecular formula is C12H14Cl3NO2. The smallest absolute Gasteiger partial charge is 0.257 e. The van der Waals surface area contributed by atoms with Crippen molar-refractivity contribution in [3.63, 3.8) is 0 Å². The number of carbonyl (C=O) groups is 1. The summed E-state index contributed by atoms with van der Waals surface area (Å²) < 4.78 is 5.28. The molecule has 1 rings (SSSR count). The van der Waals surface area contributed by atoms with Crippen molar-refractivity contribution in [1.29, 1.82) is 0 Å².